The van der Waals surface area contributed by atoms with Crippen molar-refractivity contribution < 1.29 is 19.4 Å². The maximum Gasteiger partial charge on any atom is 0.408 e. The number of amides is 1. The van der Waals surface area contributed by atoms with Crippen LogP contribution in [0, 0.1) is 0 Å². The molecule has 0 radical (unpaired) electrons. The Hall–Kier alpha value is -1.23. The number of halogens is 1. The van der Waals surface area contributed by atoms with Gasteiger partial charge in [-0.3, -0.25) is 0 Å². The molecular formula is C11H16ClNO4. The molecule has 0 aromatic carbocycles. The molecule has 0 saturated carbocycles. The molecule has 96 valence electrons. The van der Waals surface area contributed by atoms with E-state index in [0.717, 1.165) is 0 Å². The molecule has 5 nitrogen and oxygen atoms in total. The van der Waals surface area contributed by atoms with Crippen LogP contribution in [0.25, 0.3) is 0 Å². The summed E-state index contributed by atoms with van der Waals surface area (Å²) in [5.74, 6) is -1.01. The van der Waals surface area contributed by atoms with E-state index in [1.165, 1.54) is 6.08 Å². The Morgan fingerprint density at radius 1 is 1.53 bits per heavy atom. The molecule has 2 unspecified atom stereocenters. The first kappa shape index (κ1) is 13.8. The number of aliphatic carboxylic acids is 1. The van der Waals surface area contributed by atoms with Gasteiger partial charge in [-0.15, -0.1) is 11.6 Å². The third-order valence-corrected chi connectivity index (χ3v) is 2.57. The van der Waals surface area contributed by atoms with Crippen LogP contribution in [0.5, 0.6) is 0 Å². The Kier molecular flexibility index (Phi) is 4.03. The number of rotatable bonds is 2. The predicted molar refractivity (Wildman–Crippen MR) is 63.1 cm³/mol. The Morgan fingerprint density at radius 2 is 2.12 bits per heavy atom. The fourth-order valence-corrected chi connectivity index (χ4v) is 1.76. The van der Waals surface area contributed by atoms with Crippen molar-refractivity contribution in [2.45, 2.75) is 44.2 Å². The quantitative estimate of drug-likeness (QED) is 0.745. The number of hydrogen-bond acceptors (Lipinski definition) is 3. The highest BCUT2D eigenvalue weighted by Crippen LogP contribution is 2.24. The Bertz CT molecular complexity index is 359. The van der Waals surface area contributed by atoms with Crippen LogP contribution in [-0.4, -0.2) is 34.2 Å². The molecule has 0 fully saturated rings. The summed E-state index contributed by atoms with van der Waals surface area (Å²) in [6.07, 6.45) is 1.08. The van der Waals surface area contributed by atoms with E-state index in [0.29, 0.717) is 0 Å². The van der Waals surface area contributed by atoms with E-state index in [4.69, 9.17) is 21.4 Å². The van der Waals surface area contributed by atoms with Gasteiger partial charge in [0.05, 0.1) is 11.4 Å². The molecule has 0 spiro atoms. The van der Waals surface area contributed by atoms with Crippen molar-refractivity contribution >= 4 is 23.7 Å². The number of carbonyl (C=O) groups excluding carboxylic acids is 1. The molecular weight excluding hydrogens is 246 g/mol. The highest BCUT2D eigenvalue weighted by Gasteiger charge is 2.31. The average molecular weight is 262 g/mol. The molecule has 1 aliphatic carbocycles. The molecule has 1 aliphatic rings. The van der Waals surface area contributed by atoms with E-state index in [1.54, 1.807) is 20.8 Å². The van der Waals surface area contributed by atoms with Crippen molar-refractivity contribution in [3.05, 3.63) is 11.6 Å². The standard InChI is InChI=1S/C11H16ClNO4/c1-11(2,3)17-10(16)13-8-5-6(9(14)15)4-7(8)12/h5,7-8H,4H2,1-3H3,(H,13,16)(H,14,15). The zero-order valence-electron chi connectivity index (χ0n) is 9.99. The van der Waals surface area contributed by atoms with Crippen molar-refractivity contribution in [1.82, 2.24) is 5.32 Å². The number of alkyl carbamates (subject to hydrolysis) is 1. The molecule has 0 saturated heterocycles. The minimum atomic E-state index is -1.01. The zero-order valence-corrected chi connectivity index (χ0v) is 10.7. The lowest BCUT2D eigenvalue weighted by molar-refractivity contribution is -0.132. The van der Waals surface area contributed by atoms with E-state index in [2.05, 4.69) is 5.32 Å². The first-order valence-electron chi connectivity index (χ1n) is 5.26. The Morgan fingerprint density at radius 3 is 2.53 bits per heavy atom. The van der Waals surface area contributed by atoms with Crippen LogP contribution in [0.1, 0.15) is 27.2 Å². The van der Waals surface area contributed by atoms with Gasteiger partial charge in [0.15, 0.2) is 0 Å². The van der Waals surface area contributed by atoms with E-state index in [9.17, 15) is 9.59 Å². The summed E-state index contributed by atoms with van der Waals surface area (Å²) in [5.41, 5.74) is -0.379. The summed E-state index contributed by atoms with van der Waals surface area (Å²) in [5, 5.41) is 10.9. The highest BCUT2D eigenvalue weighted by molar-refractivity contribution is 6.22. The van der Waals surface area contributed by atoms with Crippen LogP contribution in [0.3, 0.4) is 0 Å². The summed E-state index contributed by atoms with van der Waals surface area (Å²) in [6, 6.07) is -0.502. The van der Waals surface area contributed by atoms with Crippen LogP contribution in [-0.2, 0) is 9.53 Å². The topological polar surface area (TPSA) is 75.6 Å². The van der Waals surface area contributed by atoms with Gasteiger partial charge in [-0.2, -0.15) is 0 Å². The summed E-state index contributed by atoms with van der Waals surface area (Å²) in [4.78, 5) is 22.2. The highest BCUT2D eigenvalue weighted by atomic mass is 35.5. The van der Waals surface area contributed by atoms with E-state index < -0.39 is 29.1 Å². The predicted octanol–water partition coefficient (Wildman–Crippen LogP) is 1.90. The van der Waals surface area contributed by atoms with Crippen molar-refractivity contribution in [3.63, 3.8) is 0 Å². The van der Waals surface area contributed by atoms with Gasteiger partial charge in [0.1, 0.15) is 5.60 Å². The molecule has 0 heterocycles. The van der Waals surface area contributed by atoms with Gasteiger partial charge >= 0.3 is 12.1 Å². The molecule has 2 atom stereocenters. The summed E-state index contributed by atoms with van der Waals surface area (Å²) >= 11 is 5.95. The first-order valence-corrected chi connectivity index (χ1v) is 5.70. The van der Waals surface area contributed by atoms with E-state index in [1.807, 2.05) is 0 Å². The summed E-state index contributed by atoms with van der Waals surface area (Å²) in [6.45, 7) is 5.24. The van der Waals surface area contributed by atoms with Crippen molar-refractivity contribution in [2.75, 3.05) is 0 Å². The molecule has 2 N–H and O–H groups in total. The second-order valence-corrected chi connectivity index (χ2v) is 5.45. The largest absolute Gasteiger partial charge is 0.478 e. The van der Waals surface area contributed by atoms with Crippen molar-refractivity contribution in [1.29, 1.82) is 0 Å². The lowest BCUT2D eigenvalue weighted by Gasteiger charge is -2.22. The van der Waals surface area contributed by atoms with Crippen LogP contribution >= 0.6 is 11.6 Å². The van der Waals surface area contributed by atoms with Gasteiger partial charge in [0.25, 0.3) is 0 Å². The zero-order chi connectivity index (χ0) is 13.2. The third kappa shape index (κ3) is 4.26. The monoisotopic (exact) mass is 261 g/mol. The smallest absolute Gasteiger partial charge is 0.408 e. The number of nitrogens with one attached hydrogen (secondary N) is 1. The normalized spacial score (nSPS) is 24.1. The number of hydrogen-bond donors (Lipinski definition) is 2. The number of carboxylic acids is 1. The number of ether oxygens (including phenoxy) is 1. The summed E-state index contributed by atoms with van der Waals surface area (Å²) in [7, 11) is 0. The fraction of sp³-hybridized carbons (Fsp3) is 0.636. The maximum atomic E-state index is 11.5. The van der Waals surface area contributed by atoms with E-state index >= 15 is 0 Å². The molecule has 1 amide bonds. The van der Waals surface area contributed by atoms with Crippen LogP contribution in [0.2, 0.25) is 0 Å². The number of carbonyl (C=O) groups is 2. The molecule has 6 heteroatoms. The van der Waals surface area contributed by atoms with Gasteiger partial charge in [-0.1, -0.05) is 6.08 Å². The third-order valence-electron chi connectivity index (χ3n) is 2.14. The molecule has 0 aromatic heterocycles. The molecule has 17 heavy (non-hydrogen) atoms. The minimum Gasteiger partial charge on any atom is -0.478 e. The summed E-state index contributed by atoms with van der Waals surface area (Å²) < 4.78 is 5.06. The van der Waals surface area contributed by atoms with Crippen LogP contribution in [0.15, 0.2) is 11.6 Å². The van der Waals surface area contributed by atoms with E-state index in [-0.39, 0.29) is 12.0 Å². The molecule has 1 rings (SSSR count). The van der Waals surface area contributed by atoms with Gasteiger partial charge in [0, 0.05) is 5.57 Å². The molecule has 0 aliphatic heterocycles. The maximum absolute atomic E-state index is 11.5. The second-order valence-electron chi connectivity index (χ2n) is 4.89. The molecule has 0 aromatic rings. The average Bonchev–Trinajstić information content (AvgIpc) is 2.44. The lowest BCUT2D eigenvalue weighted by Crippen LogP contribution is -2.41. The van der Waals surface area contributed by atoms with Gasteiger partial charge in [-0.25, -0.2) is 9.59 Å². The van der Waals surface area contributed by atoms with Crippen molar-refractivity contribution in [3.8, 4) is 0 Å². The van der Waals surface area contributed by atoms with Crippen LogP contribution < -0.4 is 5.32 Å². The van der Waals surface area contributed by atoms with Gasteiger partial charge < -0.3 is 15.2 Å². The second kappa shape index (κ2) is 4.96. The SMILES string of the molecule is CC(C)(C)OC(=O)NC1C=C(C(=O)O)CC1Cl. The fourth-order valence-electron chi connectivity index (χ4n) is 1.46. The lowest BCUT2D eigenvalue weighted by atomic mass is 10.2. The number of alkyl halides is 1. The van der Waals surface area contributed by atoms with Gasteiger partial charge in [-0.05, 0) is 27.2 Å². The molecule has 0 bridgehead atoms. The number of carboxylic acid groups (broad SMARTS) is 1. The Balaban J connectivity index is 2.58. The van der Waals surface area contributed by atoms with Crippen molar-refractivity contribution in [2.24, 2.45) is 0 Å². The Labute approximate surface area is 105 Å². The van der Waals surface area contributed by atoms with Gasteiger partial charge in [0.2, 0.25) is 0 Å². The minimum absolute atomic E-state index is 0.214. The first-order chi connectivity index (χ1) is 7.69. The van der Waals surface area contributed by atoms with Crippen LogP contribution in [0.4, 0.5) is 4.79 Å².